The fraction of sp³-hybridized carbons (Fsp3) is 0.500. The molecule has 5 heteroatoms. The Balaban J connectivity index is 2.01. The molecule has 0 radical (unpaired) electrons. The average molecular weight is 280 g/mol. The van der Waals surface area contributed by atoms with Gasteiger partial charge in [0, 0.05) is 44.2 Å². The molecule has 0 amide bonds. The third kappa shape index (κ3) is 3.52. The molecule has 1 fully saturated rings. The molecule has 0 aliphatic carbocycles. The molecule has 1 aromatic carbocycles. The Bertz CT molecular complexity index is 464. The van der Waals surface area contributed by atoms with Crippen molar-refractivity contribution in [3.05, 3.63) is 23.2 Å². The number of anilines is 1. The van der Waals surface area contributed by atoms with E-state index >= 15 is 0 Å². The van der Waals surface area contributed by atoms with Gasteiger partial charge in [-0.25, -0.2) is 0 Å². The van der Waals surface area contributed by atoms with Crippen molar-refractivity contribution in [2.45, 2.75) is 6.42 Å². The van der Waals surface area contributed by atoms with Crippen LogP contribution in [0.5, 0.6) is 5.75 Å². The van der Waals surface area contributed by atoms with E-state index in [2.05, 4.69) is 15.9 Å². The summed E-state index contributed by atoms with van der Waals surface area (Å²) >= 11 is 6.06. The topological polar surface area (TPSA) is 39.5 Å². The minimum absolute atomic E-state index is 0.598. The lowest BCUT2D eigenvalue weighted by Crippen LogP contribution is -2.46. The van der Waals surface area contributed by atoms with Crippen LogP contribution in [0.3, 0.4) is 0 Å². The van der Waals surface area contributed by atoms with E-state index in [9.17, 15) is 0 Å². The highest BCUT2D eigenvalue weighted by molar-refractivity contribution is 6.30. The van der Waals surface area contributed by atoms with Gasteiger partial charge in [0.2, 0.25) is 0 Å². The second-order valence-corrected chi connectivity index (χ2v) is 4.99. The van der Waals surface area contributed by atoms with E-state index in [1.807, 2.05) is 18.2 Å². The smallest absolute Gasteiger partial charge is 0.142 e. The second-order valence-electron chi connectivity index (χ2n) is 4.55. The van der Waals surface area contributed by atoms with Gasteiger partial charge in [0.05, 0.1) is 18.9 Å². The Morgan fingerprint density at radius 1 is 1.32 bits per heavy atom. The van der Waals surface area contributed by atoms with E-state index in [4.69, 9.17) is 21.6 Å². The van der Waals surface area contributed by atoms with Crippen LogP contribution in [0, 0.1) is 11.3 Å². The van der Waals surface area contributed by atoms with Crippen LogP contribution in [0.1, 0.15) is 6.42 Å². The number of piperazine rings is 1. The van der Waals surface area contributed by atoms with Crippen LogP contribution in [0.15, 0.2) is 18.2 Å². The van der Waals surface area contributed by atoms with E-state index in [-0.39, 0.29) is 0 Å². The third-order valence-corrected chi connectivity index (χ3v) is 3.63. The lowest BCUT2D eigenvalue weighted by atomic mass is 10.2. The standard InChI is InChI=1S/C14H18ClN3O/c1-19-14-4-3-12(15)11-13(14)18-9-7-17(8-10-18)6-2-5-16/h3-4,11H,2,6-10H2,1H3. The fourth-order valence-electron chi connectivity index (χ4n) is 2.33. The molecule has 4 nitrogen and oxygen atoms in total. The number of hydrogen-bond donors (Lipinski definition) is 0. The first kappa shape index (κ1) is 14.0. The maximum Gasteiger partial charge on any atom is 0.142 e. The van der Waals surface area contributed by atoms with Crippen LogP contribution in [-0.4, -0.2) is 44.7 Å². The molecule has 0 aromatic heterocycles. The van der Waals surface area contributed by atoms with Crippen molar-refractivity contribution in [1.82, 2.24) is 4.90 Å². The maximum atomic E-state index is 8.61. The molecule has 0 atom stereocenters. The van der Waals surface area contributed by atoms with Crippen molar-refractivity contribution < 1.29 is 4.74 Å². The molecule has 1 aromatic rings. The van der Waals surface area contributed by atoms with Gasteiger partial charge in [0.15, 0.2) is 0 Å². The van der Waals surface area contributed by atoms with Crippen LogP contribution in [0.4, 0.5) is 5.69 Å². The van der Waals surface area contributed by atoms with Gasteiger partial charge >= 0.3 is 0 Å². The van der Waals surface area contributed by atoms with Crippen molar-refractivity contribution in [1.29, 1.82) is 5.26 Å². The van der Waals surface area contributed by atoms with Crippen molar-refractivity contribution in [3.63, 3.8) is 0 Å². The molecule has 0 spiro atoms. The summed E-state index contributed by atoms with van der Waals surface area (Å²) in [5.74, 6) is 0.856. The van der Waals surface area contributed by atoms with E-state index in [1.54, 1.807) is 7.11 Å². The summed E-state index contributed by atoms with van der Waals surface area (Å²) in [6.07, 6.45) is 0.598. The van der Waals surface area contributed by atoms with Gasteiger partial charge in [0.1, 0.15) is 5.75 Å². The summed E-state index contributed by atoms with van der Waals surface area (Å²) in [4.78, 5) is 4.60. The molecular formula is C14H18ClN3O. The average Bonchev–Trinajstić information content (AvgIpc) is 2.45. The number of nitriles is 1. The van der Waals surface area contributed by atoms with E-state index in [0.717, 1.165) is 49.2 Å². The molecule has 0 N–H and O–H groups in total. The van der Waals surface area contributed by atoms with Crippen LogP contribution in [-0.2, 0) is 0 Å². The molecule has 1 saturated heterocycles. The van der Waals surface area contributed by atoms with Crippen molar-refractivity contribution in [2.24, 2.45) is 0 Å². The number of rotatable bonds is 4. The highest BCUT2D eigenvalue weighted by Gasteiger charge is 2.19. The number of halogens is 1. The van der Waals surface area contributed by atoms with Crippen molar-refractivity contribution in [3.8, 4) is 11.8 Å². The zero-order valence-electron chi connectivity index (χ0n) is 11.1. The molecule has 2 rings (SSSR count). The number of nitrogens with zero attached hydrogens (tertiary/aromatic N) is 3. The quantitative estimate of drug-likeness (QED) is 0.848. The largest absolute Gasteiger partial charge is 0.495 e. The lowest BCUT2D eigenvalue weighted by Gasteiger charge is -2.36. The zero-order valence-corrected chi connectivity index (χ0v) is 11.9. The molecule has 1 heterocycles. The van der Waals surface area contributed by atoms with E-state index in [1.165, 1.54) is 0 Å². The van der Waals surface area contributed by atoms with Crippen molar-refractivity contribution >= 4 is 17.3 Å². The number of benzene rings is 1. The highest BCUT2D eigenvalue weighted by Crippen LogP contribution is 2.31. The number of hydrogen-bond acceptors (Lipinski definition) is 4. The lowest BCUT2D eigenvalue weighted by molar-refractivity contribution is 0.262. The van der Waals surface area contributed by atoms with E-state index in [0.29, 0.717) is 6.42 Å². The monoisotopic (exact) mass is 279 g/mol. The Morgan fingerprint density at radius 2 is 2.05 bits per heavy atom. The van der Waals surface area contributed by atoms with Gasteiger partial charge in [-0.05, 0) is 18.2 Å². The predicted octanol–water partition coefficient (Wildman–Crippen LogP) is 2.38. The van der Waals surface area contributed by atoms with E-state index < -0.39 is 0 Å². The Kier molecular flexibility index (Phi) is 4.89. The van der Waals surface area contributed by atoms with Crippen LogP contribution >= 0.6 is 11.6 Å². The van der Waals surface area contributed by atoms with Gasteiger partial charge in [-0.2, -0.15) is 5.26 Å². The van der Waals surface area contributed by atoms with Crippen LogP contribution in [0.2, 0.25) is 5.02 Å². The van der Waals surface area contributed by atoms with Gasteiger partial charge < -0.3 is 9.64 Å². The molecular weight excluding hydrogens is 262 g/mol. The number of ether oxygens (including phenoxy) is 1. The van der Waals surface area contributed by atoms with Crippen LogP contribution < -0.4 is 9.64 Å². The zero-order chi connectivity index (χ0) is 13.7. The first-order valence-electron chi connectivity index (χ1n) is 6.42. The SMILES string of the molecule is COc1ccc(Cl)cc1N1CCN(CCC#N)CC1. The Hall–Kier alpha value is -1.44. The molecule has 0 saturated carbocycles. The predicted molar refractivity (Wildman–Crippen MR) is 76.9 cm³/mol. The first-order chi connectivity index (χ1) is 9.24. The fourth-order valence-corrected chi connectivity index (χ4v) is 2.50. The highest BCUT2D eigenvalue weighted by atomic mass is 35.5. The summed E-state index contributed by atoms with van der Waals surface area (Å²) in [5, 5.41) is 9.33. The summed E-state index contributed by atoms with van der Waals surface area (Å²) in [6, 6.07) is 7.88. The molecule has 19 heavy (non-hydrogen) atoms. The first-order valence-corrected chi connectivity index (χ1v) is 6.80. The minimum atomic E-state index is 0.598. The Labute approximate surface area is 119 Å². The van der Waals surface area contributed by atoms with Gasteiger partial charge in [-0.15, -0.1) is 0 Å². The molecule has 0 bridgehead atoms. The van der Waals surface area contributed by atoms with Crippen LogP contribution in [0.25, 0.3) is 0 Å². The molecule has 0 unspecified atom stereocenters. The molecule has 102 valence electrons. The van der Waals surface area contributed by atoms with Gasteiger partial charge in [0.25, 0.3) is 0 Å². The Morgan fingerprint density at radius 3 is 2.68 bits per heavy atom. The minimum Gasteiger partial charge on any atom is -0.495 e. The summed E-state index contributed by atoms with van der Waals surface area (Å²) < 4.78 is 5.39. The second kappa shape index (κ2) is 6.65. The van der Waals surface area contributed by atoms with Gasteiger partial charge in [-0.1, -0.05) is 11.6 Å². The van der Waals surface area contributed by atoms with Gasteiger partial charge in [-0.3, -0.25) is 4.90 Å². The molecule has 1 aliphatic rings. The van der Waals surface area contributed by atoms with Crippen molar-refractivity contribution in [2.75, 3.05) is 44.7 Å². The maximum absolute atomic E-state index is 8.61. The summed E-state index contributed by atoms with van der Waals surface area (Å²) in [7, 11) is 1.68. The third-order valence-electron chi connectivity index (χ3n) is 3.39. The number of methoxy groups -OCH3 is 1. The molecule has 1 aliphatic heterocycles. The normalized spacial score (nSPS) is 16.2. The summed E-state index contributed by atoms with van der Waals surface area (Å²) in [5.41, 5.74) is 1.05. The summed E-state index contributed by atoms with van der Waals surface area (Å²) in [6.45, 7) is 4.66.